The summed E-state index contributed by atoms with van der Waals surface area (Å²) >= 11 is 0. The molecule has 0 saturated carbocycles. The number of likely N-dealkylation sites (N-methyl/N-ethyl adjacent to an activating group) is 1. The van der Waals surface area contributed by atoms with Crippen molar-refractivity contribution in [3.05, 3.63) is 29.3 Å². The summed E-state index contributed by atoms with van der Waals surface area (Å²) in [6, 6.07) is 6.35. The second kappa shape index (κ2) is 5.90. The molecule has 0 aliphatic heterocycles. The number of hydrogen-bond acceptors (Lipinski definition) is 2. The molecule has 1 rings (SSSR count). The van der Waals surface area contributed by atoms with Crippen LogP contribution in [0.1, 0.15) is 30.9 Å². The standard InChI is InChI=1S/C14H23NO/c1-11(2)14-10-13(7-6-12(14)3)16-9-8-15(4)5/h6-7,10-11H,8-9H2,1-5H3. The van der Waals surface area contributed by atoms with E-state index in [1.807, 2.05) is 0 Å². The predicted molar refractivity (Wildman–Crippen MR) is 69.3 cm³/mol. The quantitative estimate of drug-likeness (QED) is 0.757. The van der Waals surface area contributed by atoms with Crippen LogP contribution in [0.25, 0.3) is 0 Å². The van der Waals surface area contributed by atoms with E-state index in [0.29, 0.717) is 5.92 Å². The average molecular weight is 221 g/mol. The molecule has 0 atom stereocenters. The van der Waals surface area contributed by atoms with Gasteiger partial charge in [0.2, 0.25) is 0 Å². The molecule has 1 aromatic rings. The Labute approximate surface area is 99.2 Å². The molecule has 90 valence electrons. The lowest BCUT2D eigenvalue weighted by Crippen LogP contribution is -2.19. The van der Waals surface area contributed by atoms with E-state index in [4.69, 9.17) is 4.74 Å². The monoisotopic (exact) mass is 221 g/mol. The fourth-order valence-corrected chi connectivity index (χ4v) is 1.68. The normalized spacial score (nSPS) is 11.2. The van der Waals surface area contributed by atoms with Crippen molar-refractivity contribution >= 4 is 0 Å². The van der Waals surface area contributed by atoms with E-state index >= 15 is 0 Å². The number of aryl methyl sites for hydroxylation is 1. The molecule has 0 fully saturated rings. The molecule has 0 aromatic heterocycles. The van der Waals surface area contributed by atoms with E-state index in [1.54, 1.807) is 0 Å². The largest absolute Gasteiger partial charge is 0.492 e. The Morgan fingerprint density at radius 3 is 2.50 bits per heavy atom. The third-order valence-electron chi connectivity index (χ3n) is 2.68. The number of benzene rings is 1. The van der Waals surface area contributed by atoms with Gasteiger partial charge in [-0.05, 0) is 50.2 Å². The first-order valence-corrected chi connectivity index (χ1v) is 5.88. The zero-order chi connectivity index (χ0) is 12.1. The molecule has 0 spiro atoms. The van der Waals surface area contributed by atoms with Gasteiger partial charge in [-0.2, -0.15) is 0 Å². The minimum Gasteiger partial charge on any atom is -0.492 e. The summed E-state index contributed by atoms with van der Waals surface area (Å²) in [6.45, 7) is 8.27. The molecule has 0 saturated heterocycles. The van der Waals surface area contributed by atoms with E-state index in [9.17, 15) is 0 Å². The molecule has 0 heterocycles. The van der Waals surface area contributed by atoms with Gasteiger partial charge in [0.05, 0.1) is 0 Å². The molecular formula is C14H23NO. The Hall–Kier alpha value is -1.02. The van der Waals surface area contributed by atoms with Crippen LogP contribution in [0.5, 0.6) is 5.75 Å². The van der Waals surface area contributed by atoms with Crippen molar-refractivity contribution in [1.82, 2.24) is 4.90 Å². The van der Waals surface area contributed by atoms with Gasteiger partial charge in [0.15, 0.2) is 0 Å². The first-order chi connectivity index (χ1) is 7.50. The minimum absolute atomic E-state index is 0.553. The SMILES string of the molecule is Cc1ccc(OCCN(C)C)cc1C(C)C. The number of rotatable bonds is 5. The predicted octanol–water partition coefficient (Wildman–Crippen LogP) is 3.06. The van der Waals surface area contributed by atoms with Gasteiger partial charge in [-0.1, -0.05) is 19.9 Å². The zero-order valence-electron chi connectivity index (χ0n) is 11.1. The van der Waals surface area contributed by atoms with Crippen LogP contribution >= 0.6 is 0 Å². The smallest absolute Gasteiger partial charge is 0.119 e. The lowest BCUT2D eigenvalue weighted by molar-refractivity contribution is 0.261. The Bertz CT molecular complexity index is 332. The van der Waals surface area contributed by atoms with Gasteiger partial charge >= 0.3 is 0 Å². The Morgan fingerprint density at radius 2 is 1.94 bits per heavy atom. The van der Waals surface area contributed by atoms with Gasteiger partial charge < -0.3 is 9.64 Å². The molecule has 0 aliphatic rings. The van der Waals surface area contributed by atoms with Crippen LogP contribution < -0.4 is 4.74 Å². The molecule has 0 aliphatic carbocycles. The summed E-state index contributed by atoms with van der Waals surface area (Å²) in [4.78, 5) is 2.12. The molecule has 0 N–H and O–H groups in total. The summed E-state index contributed by atoms with van der Waals surface area (Å²) < 4.78 is 5.72. The summed E-state index contributed by atoms with van der Waals surface area (Å²) in [5.74, 6) is 1.54. The highest BCUT2D eigenvalue weighted by Gasteiger charge is 2.05. The highest BCUT2D eigenvalue weighted by Crippen LogP contribution is 2.24. The van der Waals surface area contributed by atoms with Crippen LogP contribution in [0.15, 0.2) is 18.2 Å². The van der Waals surface area contributed by atoms with E-state index < -0.39 is 0 Å². The molecule has 2 heteroatoms. The van der Waals surface area contributed by atoms with Gasteiger partial charge in [-0.15, -0.1) is 0 Å². The molecular weight excluding hydrogens is 198 g/mol. The second-order valence-electron chi connectivity index (χ2n) is 4.82. The van der Waals surface area contributed by atoms with Crippen molar-refractivity contribution in [2.24, 2.45) is 0 Å². The van der Waals surface area contributed by atoms with Crippen LogP contribution in [-0.2, 0) is 0 Å². The number of ether oxygens (including phenoxy) is 1. The van der Waals surface area contributed by atoms with Crippen molar-refractivity contribution in [3.63, 3.8) is 0 Å². The molecule has 0 amide bonds. The van der Waals surface area contributed by atoms with Crippen LogP contribution in [-0.4, -0.2) is 32.1 Å². The second-order valence-corrected chi connectivity index (χ2v) is 4.82. The van der Waals surface area contributed by atoms with Crippen molar-refractivity contribution in [2.45, 2.75) is 26.7 Å². The fraction of sp³-hybridized carbons (Fsp3) is 0.571. The molecule has 0 radical (unpaired) electrons. The van der Waals surface area contributed by atoms with E-state index in [2.05, 4.69) is 58.0 Å². The minimum atomic E-state index is 0.553. The van der Waals surface area contributed by atoms with E-state index in [1.165, 1.54) is 11.1 Å². The maximum absolute atomic E-state index is 5.72. The first kappa shape index (κ1) is 13.0. The van der Waals surface area contributed by atoms with Gasteiger partial charge in [0.25, 0.3) is 0 Å². The van der Waals surface area contributed by atoms with Crippen molar-refractivity contribution in [1.29, 1.82) is 0 Å². The molecule has 0 unspecified atom stereocenters. The summed E-state index contributed by atoms with van der Waals surface area (Å²) in [5.41, 5.74) is 2.72. The fourth-order valence-electron chi connectivity index (χ4n) is 1.68. The lowest BCUT2D eigenvalue weighted by atomic mass is 9.98. The zero-order valence-corrected chi connectivity index (χ0v) is 11.1. The van der Waals surface area contributed by atoms with Crippen LogP contribution in [0.3, 0.4) is 0 Å². The number of hydrogen-bond donors (Lipinski definition) is 0. The van der Waals surface area contributed by atoms with Gasteiger partial charge in [0.1, 0.15) is 12.4 Å². The average Bonchev–Trinajstić information content (AvgIpc) is 2.19. The first-order valence-electron chi connectivity index (χ1n) is 5.88. The van der Waals surface area contributed by atoms with Gasteiger partial charge in [-0.25, -0.2) is 0 Å². The Balaban J connectivity index is 2.64. The Morgan fingerprint density at radius 1 is 1.25 bits per heavy atom. The summed E-state index contributed by atoms with van der Waals surface area (Å²) in [7, 11) is 4.11. The maximum atomic E-state index is 5.72. The van der Waals surface area contributed by atoms with Gasteiger partial charge in [-0.3, -0.25) is 0 Å². The molecule has 16 heavy (non-hydrogen) atoms. The van der Waals surface area contributed by atoms with Crippen LogP contribution in [0.4, 0.5) is 0 Å². The van der Waals surface area contributed by atoms with Gasteiger partial charge in [0, 0.05) is 6.54 Å². The molecule has 1 aromatic carbocycles. The molecule has 2 nitrogen and oxygen atoms in total. The van der Waals surface area contributed by atoms with E-state index in [-0.39, 0.29) is 0 Å². The van der Waals surface area contributed by atoms with Crippen LogP contribution in [0.2, 0.25) is 0 Å². The number of nitrogens with zero attached hydrogens (tertiary/aromatic N) is 1. The van der Waals surface area contributed by atoms with Crippen molar-refractivity contribution in [3.8, 4) is 5.75 Å². The van der Waals surface area contributed by atoms with E-state index in [0.717, 1.165) is 18.9 Å². The summed E-state index contributed by atoms with van der Waals surface area (Å²) in [6.07, 6.45) is 0. The summed E-state index contributed by atoms with van der Waals surface area (Å²) in [5, 5.41) is 0. The third kappa shape index (κ3) is 3.86. The Kier molecular flexibility index (Phi) is 4.81. The van der Waals surface area contributed by atoms with Crippen molar-refractivity contribution in [2.75, 3.05) is 27.2 Å². The highest BCUT2D eigenvalue weighted by molar-refractivity contribution is 5.36. The third-order valence-corrected chi connectivity index (χ3v) is 2.68. The molecule has 0 bridgehead atoms. The lowest BCUT2D eigenvalue weighted by Gasteiger charge is -2.14. The highest BCUT2D eigenvalue weighted by atomic mass is 16.5. The van der Waals surface area contributed by atoms with Crippen LogP contribution in [0, 0.1) is 6.92 Å². The van der Waals surface area contributed by atoms with Crippen molar-refractivity contribution < 1.29 is 4.74 Å². The topological polar surface area (TPSA) is 12.5 Å². The maximum Gasteiger partial charge on any atom is 0.119 e.